The van der Waals surface area contributed by atoms with Crippen LogP contribution in [0.25, 0.3) is 10.8 Å². The standard InChI is InChI=1S/C36H39N5O5S.C7H13NO4/c1-22-12-13-24(20-32(22)44-5)38-33-21-25(16-17-37-33)46-31-15-14-28(26-10-8-9-11-27(26)31)39-35(42)40-29-18-23(36(2,3)4)19-30(34(29)45-6)41-47(7)43;9-6-8-3-1-2-4-12-5-7(10)11/h8-21,41H,1-7H3,(H,37,38)(H2,39,40,42);6H,1-5H2,(H,8,9)(H,10,11). The van der Waals surface area contributed by atoms with E-state index in [0.717, 1.165) is 46.2 Å². The number of nitrogens with zero attached hydrogens (tertiary/aromatic N) is 1. The van der Waals surface area contributed by atoms with Gasteiger partial charge in [0.25, 0.3) is 0 Å². The number of anilines is 5. The third kappa shape index (κ3) is 13.9. The minimum atomic E-state index is -1.34. The highest BCUT2D eigenvalue weighted by atomic mass is 32.2. The number of carbonyl (C=O) groups is 3. The number of unbranched alkanes of at least 4 members (excludes halogenated alkanes) is 1. The van der Waals surface area contributed by atoms with Gasteiger partial charge < -0.3 is 50.0 Å². The summed E-state index contributed by atoms with van der Waals surface area (Å²) in [5, 5.41) is 21.5. The highest BCUT2D eigenvalue weighted by molar-refractivity contribution is 7.85. The zero-order valence-electron chi connectivity index (χ0n) is 34.3. The molecule has 1 aromatic heterocycles. The first-order valence-electron chi connectivity index (χ1n) is 18.7. The van der Waals surface area contributed by atoms with Gasteiger partial charge in [-0.3, -0.25) is 4.79 Å². The van der Waals surface area contributed by atoms with Crippen LogP contribution in [0.2, 0.25) is 0 Å². The first-order valence-corrected chi connectivity index (χ1v) is 20.2. The van der Waals surface area contributed by atoms with E-state index < -0.39 is 23.0 Å². The Morgan fingerprint density at radius 3 is 2.27 bits per heavy atom. The molecule has 0 saturated carbocycles. The van der Waals surface area contributed by atoms with Crippen LogP contribution in [0.5, 0.6) is 23.0 Å². The molecule has 0 radical (unpaired) electrons. The van der Waals surface area contributed by atoms with Crippen molar-refractivity contribution in [3.05, 3.63) is 96.2 Å². The van der Waals surface area contributed by atoms with E-state index in [4.69, 9.17) is 24.1 Å². The van der Waals surface area contributed by atoms with Crippen LogP contribution in [-0.2, 0) is 30.7 Å². The molecule has 0 aliphatic rings. The highest BCUT2D eigenvalue weighted by Crippen LogP contribution is 2.40. The number of aliphatic carboxylic acids is 1. The number of ether oxygens (including phenoxy) is 4. The molecule has 59 heavy (non-hydrogen) atoms. The number of benzene rings is 4. The minimum Gasteiger partial charge on any atom is -0.496 e. The number of hydrogen-bond donors (Lipinski definition) is 6. The molecule has 1 heterocycles. The average molecular weight is 829 g/mol. The number of fused-ring (bicyclic) bond motifs is 1. The molecule has 1 unspecified atom stereocenters. The fourth-order valence-electron chi connectivity index (χ4n) is 5.72. The fraction of sp³-hybridized carbons (Fsp3) is 0.302. The number of urea groups is 1. The van der Waals surface area contributed by atoms with E-state index in [1.54, 1.807) is 25.4 Å². The number of aromatic nitrogens is 1. The summed E-state index contributed by atoms with van der Waals surface area (Å²) in [6.07, 6.45) is 5.41. The second-order valence-electron chi connectivity index (χ2n) is 14.2. The number of carboxylic acid groups (broad SMARTS) is 1. The monoisotopic (exact) mass is 828 g/mol. The van der Waals surface area contributed by atoms with Gasteiger partial charge in [0.2, 0.25) is 6.41 Å². The van der Waals surface area contributed by atoms with Gasteiger partial charge in [-0.1, -0.05) is 51.1 Å². The summed E-state index contributed by atoms with van der Waals surface area (Å²) in [5.41, 5.74) is 4.13. The molecular formula is C43H52N6O9S. The highest BCUT2D eigenvalue weighted by Gasteiger charge is 2.22. The zero-order chi connectivity index (χ0) is 43.0. The molecule has 0 spiro atoms. The molecule has 1 atom stereocenters. The summed E-state index contributed by atoms with van der Waals surface area (Å²) in [7, 11) is 1.81. The number of carbonyl (C=O) groups excluding carboxylic acids is 2. The van der Waals surface area contributed by atoms with E-state index in [9.17, 15) is 18.6 Å². The summed E-state index contributed by atoms with van der Waals surface area (Å²) >= 11 is 0. The molecule has 15 nitrogen and oxygen atoms in total. The lowest BCUT2D eigenvalue weighted by Crippen LogP contribution is -2.21. The molecule has 0 bridgehead atoms. The van der Waals surface area contributed by atoms with Gasteiger partial charge in [0, 0.05) is 54.2 Å². The van der Waals surface area contributed by atoms with Crippen LogP contribution in [0.3, 0.4) is 0 Å². The van der Waals surface area contributed by atoms with Crippen molar-refractivity contribution in [1.29, 1.82) is 0 Å². The Bertz CT molecular complexity index is 2250. The van der Waals surface area contributed by atoms with Gasteiger partial charge in [0.15, 0.2) is 5.75 Å². The molecule has 5 rings (SSSR count). The molecule has 0 aliphatic heterocycles. The van der Waals surface area contributed by atoms with E-state index in [-0.39, 0.29) is 12.0 Å². The number of aryl methyl sites for hydroxylation is 1. The van der Waals surface area contributed by atoms with E-state index in [1.807, 2.05) is 73.7 Å². The van der Waals surface area contributed by atoms with Crippen LogP contribution in [-0.4, -0.2) is 72.9 Å². The first kappa shape index (κ1) is 45.3. The van der Waals surface area contributed by atoms with Gasteiger partial charge in [0.05, 0.1) is 31.3 Å². The van der Waals surface area contributed by atoms with E-state index >= 15 is 0 Å². The van der Waals surface area contributed by atoms with Crippen molar-refractivity contribution in [3.8, 4) is 23.0 Å². The Morgan fingerprint density at radius 2 is 1.59 bits per heavy atom. The second-order valence-corrected chi connectivity index (χ2v) is 15.3. The Kier molecular flexibility index (Phi) is 16.9. The topological polar surface area (TPSA) is 198 Å². The van der Waals surface area contributed by atoms with Gasteiger partial charge in [0.1, 0.15) is 40.7 Å². The molecule has 0 saturated heterocycles. The van der Waals surface area contributed by atoms with Crippen molar-refractivity contribution in [1.82, 2.24) is 10.3 Å². The van der Waals surface area contributed by atoms with Crippen LogP contribution < -0.4 is 40.2 Å². The molecule has 3 amide bonds. The van der Waals surface area contributed by atoms with E-state index in [2.05, 4.69) is 51.7 Å². The number of amides is 3. The van der Waals surface area contributed by atoms with E-state index in [0.29, 0.717) is 59.7 Å². The Labute approximate surface area is 346 Å². The fourth-order valence-corrected chi connectivity index (χ4v) is 6.18. The molecule has 0 aliphatic carbocycles. The normalized spacial score (nSPS) is 11.3. The van der Waals surface area contributed by atoms with Crippen LogP contribution in [0, 0.1) is 6.92 Å². The van der Waals surface area contributed by atoms with Crippen molar-refractivity contribution >= 4 is 68.7 Å². The smallest absolute Gasteiger partial charge is 0.329 e. The summed E-state index contributed by atoms with van der Waals surface area (Å²) in [5.74, 6) is 2.02. The van der Waals surface area contributed by atoms with Crippen LogP contribution in [0.4, 0.5) is 33.4 Å². The average Bonchev–Trinajstić information content (AvgIpc) is 3.19. The van der Waals surface area contributed by atoms with Gasteiger partial charge in [-0.15, -0.1) is 0 Å². The van der Waals surface area contributed by atoms with Crippen LogP contribution in [0.1, 0.15) is 44.7 Å². The molecule has 6 N–H and O–H groups in total. The van der Waals surface area contributed by atoms with E-state index in [1.165, 1.54) is 13.4 Å². The summed E-state index contributed by atoms with van der Waals surface area (Å²) in [4.78, 5) is 37.5. The second kappa shape index (κ2) is 21.9. The molecule has 16 heteroatoms. The number of rotatable bonds is 18. The quantitative estimate of drug-likeness (QED) is 0.0367. The summed E-state index contributed by atoms with van der Waals surface area (Å²) < 4.78 is 37.1. The Balaban J connectivity index is 0.000000556. The molecule has 314 valence electrons. The zero-order valence-corrected chi connectivity index (χ0v) is 35.1. The van der Waals surface area contributed by atoms with Crippen molar-refractivity contribution in [2.24, 2.45) is 0 Å². The number of hydrogen-bond acceptors (Lipinski definition) is 10. The Hall–Kier alpha value is -6.39. The lowest BCUT2D eigenvalue weighted by molar-refractivity contribution is -0.142. The number of methoxy groups -OCH3 is 2. The largest absolute Gasteiger partial charge is 0.496 e. The van der Waals surface area contributed by atoms with Crippen LogP contribution in [0.15, 0.2) is 85.1 Å². The maximum Gasteiger partial charge on any atom is 0.329 e. The summed E-state index contributed by atoms with van der Waals surface area (Å²) in [6, 6.07) is 24.0. The molecule has 4 aromatic carbocycles. The van der Waals surface area contributed by atoms with Gasteiger partial charge in [-0.05, 0) is 72.7 Å². The Morgan fingerprint density at radius 1 is 0.864 bits per heavy atom. The molecule has 0 fully saturated rings. The SMILES string of the molecule is COc1cc(Nc2cc(Oc3ccc(NC(=O)Nc4cc(C(C)(C)C)cc(NS(C)=O)c4OC)c4ccccc34)ccn2)ccc1C.O=CNCCCCOCC(=O)O. The predicted molar refractivity (Wildman–Crippen MR) is 233 cm³/mol. The number of carboxylic acids is 1. The van der Waals surface area contributed by atoms with Crippen LogP contribution >= 0.6 is 0 Å². The third-order valence-electron chi connectivity index (χ3n) is 8.60. The van der Waals surface area contributed by atoms with Gasteiger partial charge in [-0.25, -0.2) is 18.8 Å². The summed E-state index contributed by atoms with van der Waals surface area (Å²) in [6.45, 7) is 8.96. The lowest BCUT2D eigenvalue weighted by Gasteiger charge is -2.24. The van der Waals surface area contributed by atoms with Crippen molar-refractivity contribution in [2.45, 2.75) is 46.0 Å². The van der Waals surface area contributed by atoms with Gasteiger partial charge >= 0.3 is 12.0 Å². The molecular weight excluding hydrogens is 777 g/mol. The third-order valence-corrected chi connectivity index (χ3v) is 9.11. The predicted octanol–water partition coefficient (Wildman–Crippen LogP) is 8.36. The lowest BCUT2D eigenvalue weighted by atomic mass is 9.86. The van der Waals surface area contributed by atoms with Crippen molar-refractivity contribution < 1.29 is 42.6 Å². The minimum absolute atomic E-state index is 0.239. The van der Waals surface area contributed by atoms with Gasteiger partial charge in [-0.2, -0.15) is 0 Å². The first-order chi connectivity index (χ1) is 28.2. The number of pyridine rings is 1. The van der Waals surface area contributed by atoms with Crippen molar-refractivity contribution in [3.63, 3.8) is 0 Å². The molecule has 5 aromatic rings. The number of nitrogens with one attached hydrogen (secondary N) is 5. The maximum absolute atomic E-state index is 13.4. The maximum atomic E-state index is 13.4. The van der Waals surface area contributed by atoms with Crippen molar-refractivity contribution in [2.75, 3.05) is 60.9 Å².